The summed E-state index contributed by atoms with van der Waals surface area (Å²) in [6, 6.07) is 0. The molecule has 0 bridgehead atoms. The molecule has 174 valence electrons. The average molecular weight is 434 g/mol. The van der Waals surface area contributed by atoms with E-state index in [1.54, 1.807) is 0 Å². The maximum atomic E-state index is 11.9. The Labute approximate surface area is 180 Å². The van der Waals surface area contributed by atoms with Crippen molar-refractivity contribution in [3.05, 3.63) is 0 Å². The van der Waals surface area contributed by atoms with E-state index in [2.05, 4.69) is 12.2 Å². The van der Waals surface area contributed by atoms with Crippen LogP contribution < -0.4 is 5.32 Å². The van der Waals surface area contributed by atoms with Crippen LogP contribution in [0.4, 0.5) is 0 Å². The van der Waals surface area contributed by atoms with Gasteiger partial charge in [0.25, 0.3) is 0 Å². The van der Waals surface area contributed by atoms with Gasteiger partial charge < -0.3 is 14.4 Å². The van der Waals surface area contributed by atoms with Crippen molar-refractivity contribution in [2.45, 2.75) is 116 Å². The van der Waals surface area contributed by atoms with Crippen molar-refractivity contribution in [1.82, 2.24) is 5.32 Å². The standard InChI is InChI=1S/C23H48NO4P/c1-4-5-6-7-8-9-10-11-12-13-14-15-16-17-18-20-23(25)24-21-19-22-29(26,27-2)28-3/h4-22H2,1-3H3,(H,24,25). The Morgan fingerprint density at radius 3 is 1.52 bits per heavy atom. The third-order valence-corrected chi connectivity index (χ3v) is 7.47. The number of nitrogens with one attached hydrogen (secondary N) is 1. The zero-order valence-corrected chi connectivity index (χ0v) is 20.4. The normalized spacial score (nSPS) is 11.7. The van der Waals surface area contributed by atoms with Crippen LogP contribution in [0.15, 0.2) is 0 Å². The number of hydrogen-bond donors (Lipinski definition) is 1. The van der Waals surface area contributed by atoms with Crippen LogP contribution in [0.3, 0.4) is 0 Å². The van der Waals surface area contributed by atoms with Crippen LogP contribution in [0.1, 0.15) is 116 Å². The second-order valence-electron chi connectivity index (χ2n) is 8.10. The van der Waals surface area contributed by atoms with Gasteiger partial charge in [0, 0.05) is 27.2 Å². The molecule has 0 fully saturated rings. The molecule has 29 heavy (non-hydrogen) atoms. The quantitative estimate of drug-likeness (QED) is 0.144. The molecule has 0 saturated carbocycles. The van der Waals surface area contributed by atoms with Gasteiger partial charge in [-0.25, -0.2) is 0 Å². The summed E-state index contributed by atoms with van der Waals surface area (Å²) in [5.74, 6) is 0.0874. The van der Waals surface area contributed by atoms with E-state index in [1.807, 2.05) is 0 Å². The van der Waals surface area contributed by atoms with Gasteiger partial charge in [0.05, 0.1) is 6.16 Å². The van der Waals surface area contributed by atoms with Crippen molar-refractivity contribution < 1.29 is 18.4 Å². The number of unbranched alkanes of at least 4 members (excludes halogenated alkanes) is 14. The second-order valence-corrected chi connectivity index (χ2v) is 10.5. The Morgan fingerprint density at radius 2 is 1.10 bits per heavy atom. The number of hydrogen-bond acceptors (Lipinski definition) is 4. The molecule has 1 N–H and O–H groups in total. The summed E-state index contributed by atoms with van der Waals surface area (Å²) < 4.78 is 21.6. The first-order valence-corrected chi connectivity index (χ1v) is 13.8. The predicted octanol–water partition coefficient (Wildman–Crippen LogP) is 7.24. The molecule has 0 spiro atoms. The van der Waals surface area contributed by atoms with Crippen LogP contribution in [0.2, 0.25) is 0 Å². The molecular weight excluding hydrogens is 385 g/mol. The number of amides is 1. The topological polar surface area (TPSA) is 64.6 Å². The van der Waals surface area contributed by atoms with E-state index in [0.29, 0.717) is 25.5 Å². The highest BCUT2D eigenvalue weighted by Crippen LogP contribution is 2.46. The minimum absolute atomic E-state index is 0.0874. The molecular formula is C23H48NO4P. The maximum absolute atomic E-state index is 11.9. The lowest BCUT2D eigenvalue weighted by molar-refractivity contribution is -0.121. The number of carbonyl (C=O) groups is 1. The molecule has 0 unspecified atom stereocenters. The van der Waals surface area contributed by atoms with Crippen molar-refractivity contribution in [1.29, 1.82) is 0 Å². The lowest BCUT2D eigenvalue weighted by Gasteiger charge is -2.13. The summed E-state index contributed by atoms with van der Waals surface area (Å²) in [5, 5.41) is 2.88. The fraction of sp³-hybridized carbons (Fsp3) is 0.957. The molecule has 5 nitrogen and oxygen atoms in total. The molecule has 0 radical (unpaired) electrons. The third kappa shape index (κ3) is 19.3. The SMILES string of the molecule is CCCCCCCCCCCCCCCCCC(=O)NCCCP(=O)(OC)OC. The van der Waals surface area contributed by atoms with Gasteiger partial charge in [-0.3, -0.25) is 9.36 Å². The summed E-state index contributed by atoms with van der Waals surface area (Å²) in [6.07, 6.45) is 21.5. The van der Waals surface area contributed by atoms with Gasteiger partial charge in [-0.15, -0.1) is 0 Å². The van der Waals surface area contributed by atoms with Crippen molar-refractivity contribution in [2.75, 3.05) is 26.9 Å². The first-order chi connectivity index (χ1) is 14.1. The number of rotatable bonds is 22. The van der Waals surface area contributed by atoms with Crippen molar-refractivity contribution in [3.8, 4) is 0 Å². The summed E-state index contributed by atoms with van der Waals surface area (Å²) in [7, 11) is -0.170. The first kappa shape index (κ1) is 28.6. The van der Waals surface area contributed by atoms with Crippen LogP contribution in [0.25, 0.3) is 0 Å². The van der Waals surface area contributed by atoms with E-state index < -0.39 is 7.60 Å². The average Bonchev–Trinajstić information content (AvgIpc) is 2.73. The molecule has 0 aliphatic carbocycles. The second kappa shape index (κ2) is 20.9. The monoisotopic (exact) mass is 433 g/mol. The summed E-state index contributed by atoms with van der Waals surface area (Å²) in [4.78, 5) is 11.8. The molecule has 0 rings (SSSR count). The molecule has 0 aromatic carbocycles. The van der Waals surface area contributed by atoms with Gasteiger partial charge in [0.1, 0.15) is 0 Å². The maximum Gasteiger partial charge on any atom is 0.330 e. The van der Waals surface area contributed by atoms with Crippen LogP contribution in [-0.4, -0.2) is 32.8 Å². The molecule has 6 heteroatoms. The van der Waals surface area contributed by atoms with E-state index in [9.17, 15) is 9.36 Å². The predicted molar refractivity (Wildman–Crippen MR) is 124 cm³/mol. The Hall–Kier alpha value is -0.380. The Morgan fingerprint density at radius 1 is 0.690 bits per heavy atom. The van der Waals surface area contributed by atoms with Gasteiger partial charge in [-0.1, -0.05) is 96.8 Å². The molecule has 0 heterocycles. The lowest BCUT2D eigenvalue weighted by atomic mass is 10.0. The lowest BCUT2D eigenvalue weighted by Crippen LogP contribution is -2.24. The van der Waals surface area contributed by atoms with Crippen molar-refractivity contribution in [2.24, 2.45) is 0 Å². The van der Waals surface area contributed by atoms with Gasteiger partial charge >= 0.3 is 7.60 Å². The highest BCUT2D eigenvalue weighted by Gasteiger charge is 2.19. The molecule has 0 saturated heterocycles. The molecule has 0 aliphatic heterocycles. The fourth-order valence-electron chi connectivity index (χ4n) is 3.50. The third-order valence-electron chi connectivity index (χ3n) is 5.49. The van der Waals surface area contributed by atoms with E-state index in [4.69, 9.17) is 9.05 Å². The molecule has 0 aromatic heterocycles. The highest BCUT2D eigenvalue weighted by atomic mass is 31.2. The fourth-order valence-corrected chi connectivity index (χ4v) is 4.56. The molecule has 0 atom stereocenters. The first-order valence-electron chi connectivity index (χ1n) is 12.0. The van der Waals surface area contributed by atoms with Crippen molar-refractivity contribution >= 4 is 13.5 Å². The largest absolute Gasteiger partial charge is 0.356 e. The Bertz CT molecular complexity index is 410. The minimum Gasteiger partial charge on any atom is -0.356 e. The van der Waals surface area contributed by atoms with Crippen molar-refractivity contribution in [3.63, 3.8) is 0 Å². The van der Waals surface area contributed by atoms with E-state index in [0.717, 1.165) is 12.8 Å². The van der Waals surface area contributed by atoms with Crippen LogP contribution in [0, 0.1) is 0 Å². The van der Waals surface area contributed by atoms with Crippen LogP contribution in [0.5, 0.6) is 0 Å². The summed E-state index contributed by atoms with van der Waals surface area (Å²) >= 11 is 0. The highest BCUT2D eigenvalue weighted by molar-refractivity contribution is 7.53. The van der Waals surface area contributed by atoms with E-state index >= 15 is 0 Å². The summed E-state index contributed by atoms with van der Waals surface area (Å²) in [6.45, 7) is 2.79. The zero-order chi connectivity index (χ0) is 21.6. The van der Waals surface area contributed by atoms with Gasteiger partial charge in [0.2, 0.25) is 5.91 Å². The molecule has 1 amide bonds. The van der Waals surface area contributed by atoms with Gasteiger partial charge in [0.15, 0.2) is 0 Å². The smallest absolute Gasteiger partial charge is 0.330 e. The van der Waals surface area contributed by atoms with Crippen LogP contribution >= 0.6 is 7.60 Å². The number of carbonyl (C=O) groups excluding carboxylic acids is 1. The minimum atomic E-state index is -2.95. The Kier molecular flexibility index (Phi) is 20.6. The zero-order valence-electron chi connectivity index (χ0n) is 19.5. The molecule has 0 aromatic rings. The summed E-state index contributed by atoms with van der Waals surface area (Å²) in [5.41, 5.74) is 0. The van der Waals surface area contributed by atoms with Gasteiger partial charge in [-0.2, -0.15) is 0 Å². The van der Waals surface area contributed by atoms with Crippen LogP contribution in [-0.2, 0) is 18.4 Å². The van der Waals surface area contributed by atoms with Gasteiger partial charge in [-0.05, 0) is 12.8 Å². The Balaban J connectivity index is 3.28. The molecule has 0 aliphatic rings. The van der Waals surface area contributed by atoms with E-state index in [1.165, 1.54) is 97.7 Å². The van der Waals surface area contributed by atoms with E-state index in [-0.39, 0.29) is 5.91 Å².